The summed E-state index contributed by atoms with van der Waals surface area (Å²) in [5, 5.41) is 0. The van der Waals surface area contributed by atoms with Gasteiger partial charge in [0.2, 0.25) is 0 Å². The first-order chi connectivity index (χ1) is 9.61. The third-order valence-electron chi connectivity index (χ3n) is 3.53. The molecule has 1 aliphatic heterocycles. The van der Waals surface area contributed by atoms with E-state index in [1.165, 1.54) is 0 Å². The fraction of sp³-hybridized carbons (Fsp3) is 0.571. The predicted molar refractivity (Wildman–Crippen MR) is 71.9 cm³/mol. The molecule has 1 fully saturated rings. The fourth-order valence-electron chi connectivity index (χ4n) is 2.54. The van der Waals surface area contributed by atoms with Gasteiger partial charge < -0.3 is 15.2 Å². The van der Waals surface area contributed by atoms with Crippen molar-refractivity contribution in [1.29, 1.82) is 0 Å². The second-order valence-electron chi connectivity index (χ2n) is 4.86. The minimum absolute atomic E-state index is 0.0644. The monoisotopic (exact) mass is 286 g/mol. The summed E-state index contributed by atoms with van der Waals surface area (Å²) in [6.07, 6.45) is 0. The predicted octanol–water partition coefficient (Wildman–Crippen LogP) is 2.01. The standard InChI is InChI=1S/C14H20F2N2O2/c1-10-9-19-7-6-18(10)13(8-17)11-2-4-12(5-3-11)20-14(15)16/h2-5,10,13-14H,6-9,17H2,1H3. The average molecular weight is 286 g/mol. The maximum atomic E-state index is 12.1. The Bertz CT molecular complexity index is 414. The number of nitrogens with zero attached hydrogens (tertiary/aromatic N) is 1. The van der Waals surface area contributed by atoms with Crippen molar-refractivity contribution in [1.82, 2.24) is 4.90 Å². The molecule has 2 rings (SSSR count). The Morgan fingerprint density at radius 3 is 2.65 bits per heavy atom. The molecule has 2 N–H and O–H groups in total. The van der Waals surface area contributed by atoms with E-state index in [0.717, 1.165) is 12.1 Å². The Balaban J connectivity index is 2.10. The molecular weight excluding hydrogens is 266 g/mol. The van der Waals surface area contributed by atoms with Gasteiger partial charge in [-0.2, -0.15) is 8.78 Å². The number of halogens is 2. The molecule has 1 aromatic carbocycles. The summed E-state index contributed by atoms with van der Waals surface area (Å²) in [7, 11) is 0. The van der Waals surface area contributed by atoms with E-state index in [0.29, 0.717) is 19.8 Å². The fourth-order valence-corrected chi connectivity index (χ4v) is 2.54. The summed E-state index contributed by atoms with van der Waals surface area (Å²) >= 11 is 0. The van der Waals surface area contributed by atoms with Crippen LogP contribution < -0.4 is 10.5 Å². The summed E-state index contributed by atoms with van der Waals surface area (Å²) in [6, 6.07) is 7.03. The van der Waals surface area contributed by atoms with Crippen LogP contribution in [-0.4, -0.2) is 43.9 Å². The topological polar surface area (TPSA) is 47.7 Å². The van der Waals surface area contributed by atoms with Gasteiger partial charge in [-0.15, -0.1) is 0 Å². The third kappa shape index (κ3) is 3.65. The highest BCUT2D eigenvalue weighted by atomic mass is 19.3. The first-order valence-electron chi connectivity index (χ1n) is 6.70. The molecule has 20 heavy (non-hydrogen) atoms. The molecule has 0 saturated carbocycles. The van der Waals surface area contributed by atoms with Crippen molar-refractivity contribution in [3.8, 4) is 5.75 Å². The molecule has 4 nitrogen and oxygen atoms in total. The van der Waals surface area contributed by atoms with Crippen molar-refractivity contribution >= 4 is 0 Å². The van der Waals surface area contributed by atoms with Gasteiger partial charge in [-0.3, -0.25) is 4.90 Å². The van der Waals surface area contributed by atoms with Crippen LogP contribution in [0, 0.1) is 0 Å². The maximum Gasteiger partial charge on any atom is 0.387 e. The van der Waals surface area contributed by atoms with E-state index >= 15 is 0 Å². The number of hydrogen-bond acceptors (Lipinski definition) is 4. The van der Waals surface area contributed by atoms with Gasteiger partial charge in [-0.25, -0.2) is 0 Å². The van der Waals surface area contributed by atoms with Crippen LogP contribution in [0.3, 0.4) is 0 Å². The molecule has 1 saturated heterocycles. The van der Waals surface area contributed by atoms with E-state index in [1.807, 2.05) is 0 Å². The van der Waals surface area contributed by atoms with Gasteiger partial charge in [0.25, 0.3) is 0 Å². The second-order valence-corrected chi connectivity index (χ2v) is 4.86. The van der Waals surface area contributed by atoms with E-state index in [1.54, 1.807) is 24.3 Å². The lowest BCUT2D eigenvalue weighted by atomic mass is 10.0. The zero-order valence-corrected chi connectivity index (χ0v) is 11.5. The van der Waals surface area contributed by atoms with Gasteiger partial charge in [0.15, 0.2) is 0 Å². The number of rotatable bonds is 5. The minimum Gasteiger partial charge on any atom is -0.435 e. The minimum atomic E-state index is -2.80. The van der Waals surface area contributed by atoms with E-state index in [2.05, 4.69) is 16.6 Å². The highest BCUT2D eigenvalue weighted by molar-refractivity contribution is 5.29. The van der Waals surface area contributed by atoms with Crippen LogP contribution in [-0.2, 0) is 4.74 Å². The summed E-state index contributed by atoms with van der Waals surface area (Å²) < 4.78 is 34.0. The van der Waals surface area contributed by atoms with E-state index in [4.69, 9.17) is 10.5 Å². The summed E-state index contributed by atoms with van der Waals surface area (Å²) in [5.74, 6) is 0.162. The highest BCUT2D eigenvalue weighted by Gasteiger charge is 2.26. The number of hydrogen-bond donors (Lipinski definition) is 1. The van der Waals surface area contributed by atoms with Crippen LogP contribution in [0.2, 0.25) is 0 Å². The Hall–Kier alpha value is -1.24. The van der Waals surface area contributed by atoms with Crippen LogP contribution in [0.25, 0.3) is 0 Å². The second kappa shape index (κ2) is 6.97. The molecule has 1 heterocycles. The molecule has 112 valence electrons. The molecule has 2 atom stereocenters. The molecule has 6 heteroatoms. The van der Waals surface area contributed by atoms with Crippen molar-refractivity contribution in [3.63, 3.8) is 0 Å². The SMILES string of the molecule is CC1COCCN1C(CN)c1ccc(OC(F)F)cc1. The summed E-state index contributed by atoms with van der Waals surface area (Å²) in [4.78, 5) is 2.28. The Morgan fingerprint density at radius 2 is 2.10 bits per heavy atom. The lowest BCUT2D eigenvalue weighted by Crippen LogP contribution is -2.47. The number of alkyl halides is 2. The van der Waals surface area contributed by atoms with E-state index in [9.17, 15) is 8.78 Å². The van der Waals surface area contributed by atoms with E-state index < -0.39 is 6.61 Å². The molecule has 0 bridgehead atoms. The first kappa shape index (κ1) is 15.2. The van der Waals surface area contributed by atoms with Gasteiger partial charge in [0, 0.05) is 25.2 Å². The van der Waals surface area contributed by atoms with Crippen LogP contribution in [0.4, 0.5) is 8.78 Å². The summed E-state index contributed by atoms with van der Waals surface area (Å²) in [6.45, 7) is 1.95. The molecule has 0 spiro atoms. The third-order valence-corrected chi connectivity index (χ3v) is 3.53. The Kier molecular flexibility index (Phi) is 5.28. The van der Waals surface area contributed by atoms with Gasteiger partial charge in [0.05, 0.1) is 13.2 Å². The molecule has 0 amide bonds. The van der Waals surface area contributed by atoms with Crippen LogP contribution in [0.1, 0.15) is 18.5 Å². The van der Waals surface area contributed by atoms with Gasteiger partial charge in [-0.1, -0.05) is 12.1 Å². The quantitative estimate of drug-likeness (QED) is 0.899. The maximum absolute atomic E-state index is 12.1. The van der Waals surface area contributed by atoms with Crippen molar-refractivity contribution in [2.45, 2.75) is 25.6 Å². The molecule has 1 aliphatic rings. The van der Waals surface area contributed by atoms with Gasteiger partial charge >= 0.3 is 6.61 Å². The molecule has 1 aromatic rings. The average Bonchev–Trinajstić information content (AvgIpc) is 2.43. The van der Waals surface area contributed by atoms with Crippen molar-refractivity contribution in [2.75, 3.05) is 26.3 Å². The molecular formula is C14H20F2N2O2. The van der Waals surface area contributed by atoms with Gasteiger partial charge in [0.1, 0.15) is 5.75 Å². The molecule has 0 aromatic heterocycles. The molecule has 2 unspecified atom stereocenters. The highest BCUT2D eigenvalue weighted by Crippen LogP contribution is 2.26. The Labute approximate surface area is 117 Å². The molecule has 0 radical (unpaired) electrons. The number of morpholine rings is 1. The van der Waals surface area contributed by atoms with Crippen LogP contribution >= 0.6 is 0 Å². The number of benzene rings is 1. The van der Waals surface area contributed by atoms with Crippen LogP contribution in [0.15, 0.2) is 24.3 Å². The zero-order chi connectivity index (χ0) is 14.5. The Morgan fingerprint density at radius 1 is 1.40 bits per heavy atom. The number of ether oxygens (including phenoxy) is 2. The summed E-state index contributed by atoms with van der Waals surface area (Å²) in [5.41, 5.74) is 6.89. The zero-order valence-electron chi connectivity index (χ0n) is 11.5. The van der Waals surface area contributed by atoms with Crippen molar-refractivity contribution in [2.24, 2.45) is 5.73 Å². The van der Waals surface area contributed by atoms with Crippen molar-refractivity contribution < 1.29 is 18.3 Å². The lowest BCUT2D eigenvalue weighted by molar-refractivity contribution is -0.0499. The van der Waals surface area contributed by atoms with Gasteiger partial charge in [-0.05, 0) is 24.6 Å². The smallest absolute Gasteiger partial charge is 0.387 e. The lowest BCUT2D eigenvalue weighted by Gasteiger charge is -2.39. The molecule has 0 aliphatic carbocycles. The van der Waals surface area contributed by atoms with E-state index in [-0.39, 0.29) is 17.8 Å². The van der Waals surface area contributed by atoms with Crippen LogP contribution in [0.5, 0.6) is 5.75 Å². The normalized spacial score (nSPS) is 21.9. The number of nitrogens with two attached hydrogens (primary N) is 1. The first-order valence-corrected chi connectivity index (χ1v) is 6.70. The largest absolute Gasteiger partial charge is 0.435 e. The van der Waals surface area contributed by atoms with Crippen molar-refractivity contribution in [3.05, 3.63) is 29.8 Å².